The van der Waals surface area contributed by atoms with Crippen LogP contribution in [-0.4, -0.2) is 23.5 Å². The van der Waals surface area contributed by atoms with Gasteiger partial charge in [-0.15, -0.1) is 0 Å². The van der Waals surface area contributed by atoms with Crippen molar-refractivity contribution in [3.8, 4) is 0 Å². The van der Waals surface area contributed by atoms with Crippen molar-refractivity contribution in [2.45, 2.75) is 103 Å². The maximum absolute atomic E-state index is 2.88. The van der Waals surface area contributed by atoms with E-state index in [4.69, 9.17) is 0 Å². The Hall–Kier alpha value is -0.0400. The van der Waals surface area contributed by atoms with Gasteiger partial charge in [0, 0.05) is 12.1 Å². The Labute approximate surface area is 127 Å². The number of fused-ring (bicyclic) bond motifs is 1. The highest BCUT2D eigenvalue weighted by Crippen LogP contribution is 2.40. The van der Waals surface area contributed by atoms with E-state index in [-0.39, 0.29) is 0 Å². The molecule has 0 N–H and O–H groups in total. The van der Waals surface area contributed by atoms with Crippen LogP contribution in [0, 0.1) is 11.8 Å². The highest BCUT2D eigenvalue weighted by atomic mass is 15.2. The van der Waals surface area contributed by atoms with E-state index in [0.29, 0.717) is 0 Å². The minimum Gasteiger partial charge on any atom is -0.297 e. The van der Waals surface area contributed by atoms with Gasteiger partial charge in [0.2, 0.25) is 0 Å². The predicted molar refractivity (Wildman–Crippen MR) is 89.1 cm³/mol. The highest BCUT2D eigenvalue weighted by molar-refractivity contribution is 4.95. The zero-order valence-corrected chi connectivity index (χ0v) is 14.2. The van der Waals surface area contributed by atoms with Gasteiger partial charge in [0.05, 0.1) is 0 Å². The van der Waals surface area contributed by atoms with Gasteiger partial charge < -0.3 is 0 Å². The molecule has 4 atom stereocenters. The third-order valence-electron chi connectivity index (χ3n) is 6.01. The number of rotatable bonds is 8. The van der Waals surface area contributed by atoms with Gasteiger partial charge in [0.15, 0.2) is 0 Å². The van der Waals surface area contributed by atoms with Crippen molar-refractivity contribution in [2.75, 3.05) is 6.54 Å². The Bertz CT molecular complexity index is 262. The number of unbranched alkanes of at least 4 members (excludes halogenated alkanes) is 3. The summed E-state index contributed by atoms with van der Waals surface area (Å²) < 4.78 is 0. The van der Waals surface area contributed by atoms with E-state index in [1.165, 1.54) is 77.2 Å². The first-order valence-electron chi connectivity index (χ1n) is 9.52. The summed E-state index contributed by atoms with van der Waals surface area (Å²) in [4.78, 5) is 2.88. The standard InChI is InChI=1S/C19H37N/c1-4-6-8-12-18-15-19-14-17(11-9-13-20(18)19)16(3)10-7-5-2/h16-19H,4-15H2,1-3H3/t16?,17?,18-,19?/m1/s1. The van der Waals surface area contributed by atoms with Crippen molar-refractivity contribution in [1.29, 1.82) is 0 Å². The summed E-state index contributed by atoms with van der Waals surface area (Å²) in [5.74, 6) is 1.99. The maximum Gasteiger partial charge on any atom is 0.0116 e. The molecule has 0 amide bonds. The van der Waals surface area contributed by atoms with Gasteiger partial charge in [-0.2, -0.15) is 0 Å². The first kappa shape index (κ1) is 16.3. The number of nitrogens with zero attached hydrogens (tertiary/aromatic N) is 1. The Morgan fingerprint density at radius 2 is 1.85 bits per heavy atom. The van der Waals surface area contributed by atoms with Crippen LogP contribution in [0.5, 0.6) is 0 Å². The van der Waals surface area contributed by atoms with Gasteiger partial charge in [-0.05, 0) is 50.5 Å². The van der Waals surface area contributed by atoms with Gasteiger partial charge in [-0.1, -0.05) is 59.3 Å². The molecule has 3 unspecified atom stereocenters. The van der Waals surface area contributed by atoms with E-state index in [1.54, 1.807) is 0 Å². The van der Waals surface area contributed by atoms with Crippen LogP contribution in [0.3, 0.4) is 0 Å². The van der Waals surface area contributed by atoms with Crippen LogP contribution >= 0.6 is 0 Å². The van der Waals surface area contributed by atoms with Crippen molar-refractivity contribution >= 4 is 0 Å². The molecule has 0 aromatic carbocycles. The van der Waals surface area contributed by atoms with Crippen molar-refractivity contribution in [3.63, 3.8) is 0 Å². The third-order valence-corrected chi connectivity index (χ3v) is 6.01. The molecule has 20 heavy (non-hydrogen) atoms. The molecule has 0 spiro atoms. The molecule has 118 valence electrons. The average molecular weight is 280 g/mol. The van der Waals surface area contributed by atoms with Crippen LogP contribution in [0.4, 0.5) is 0 Å². The highest BCUT2D eigenvalue weighted by Gasteiger charge is 2.40. The lowest BCUT2D eigenvalue weighted by molar-refractivity contribution is 0.00478. The largest absolute Gasteiger partial charge is 0.297 e. The molecule has 1 nitrogen and oxygen atoms in total. The molecule has 2 heterocycles. The monoisotopic (exact) mass is 279 g/mol. The summed E-state index contributed by atoms with van der Waals surface area (Å²) in [5.41, 5.74) is 0. The molecule has 0 saturated carbocycles. The fourth-order valence-corrected chi connectivity index (χ4v) is 4.54. The second kappa shape index (κ2) is 8.41. The third kappa shape index (κ3) is 4.23. The zero-order chi connectivity index (χ0) is 14.4. The topological polar surface area (TPSA) is 3.24 Å². The summed E-state index contributed by atoms with van der Waals surface area (Å²) in [5, 5.41) is 0. The molecule has 0 aromatic rings. The maximum atomic E-state index is 2.88. The Balaban J connectivity index is 1.74. The first-order chi connectivity index (χ1) is 9.76. The van der Waals surface area contributed by atoms with Gasteiger partial charge in [0.25, 0.3) is 0 Å². The van der Waals surface area contributed by atoms with Crippen LogP contribution in [-0.2, 0) is 0 Å². The van der Waals surface area contributed by atoms with Crippen LogP contribution in [0.1, 0.15) is 91.4 Å². The lowest BCUT2D eigenvalue weighted by Crippen LogP contribution is -2.55. The Morgan fingerprint density at radius 3 is 2.60 bits per heavy atom. The molecular formula is C19H37N. The molecule has 0 aliphatic carbocycles. The van der Waals surface area contributed by atoms with Crippen molar-refractivity contribution in [1.82, 2.24) is 4.90 Å². The molecule has 0 radical (unpaired) electrons. The molecule has 0 bridgehead atoms. The predicted octanol–water partition coefficient (Wildman–Crippen LogP) is 5.64. The SMILES string of the molecule is CCCCC[C@@H]1CC2CC(C(C)CCCC)CCCN21. The smallest absolute Gasteiger partial charge is 0.0116 e. The Morgan fingerprint density at radius 1 is 1.05 bits per heavy atom. The van der Waals surface area contributed by atoms with Crippen LogP contribution in [0.25, 0.3) is 0 Å². The van der Waals surface area contributed by atoms with E-state index in [9.17, 15) is 0 Å². The van der Waals surface area contributed by atoms with Crippen LogP contribution in [0.15, 0.2) is 0 Å². The fourth-order valence-electron chi connectivity index (χ4n) is 4.54. The van der Waals surface area contributed by atoms with E-state index >= 15 is 0 Å². The Kier molecular flexibility index (Phi) is 6.87. The lowest BCUT2D eigenvalue weighted by atomic mass is 9.79. The van der Waals surface area contributed by atoms with Crippen LogP contribution in [0.2, 0.25) is 0 Å². The minimum atomic E-state index is 0.955. The lowest BCUT2D eigenvalue weighted by Gasteiger charge is -2.49. The van der Waals surface area contributed by atoms with Crippen molar-refractivity contribution in [3.05, 3.63) is 0 Å². The van der Waals surface area contributed by atoms with Gasteiger partial charge in [0.1, 0.15) is 0 Å². The fraction of sp³-hybridized carbons (Fsp3) is 1.00. The molecule has 1 heteroatoms. The molecule has 0 aromatic heterocycles. The molecule has 2 saturated heterocycles. The van der Waals surface area contributed by atoms with E-state index in [1.807, 2.05) is 0 Å². The average Bonchev–Trinajstić information content (AvgIpc) is 2.60. The van der Waals surface area contributed by atoms with E-state index in [2.05, 4.69) is 25.7 Å². The van der Waals surface area contributed by atoms with Gasteiger partial charge in [-0.3, -0.25) is 4.90 Å². The first-order valence-corrected chi connectivity index (χ1v) is 9.52. The van der Waals surface area contributed by atoms with Crippen LogP contribution < -0.4 is 0 Å². The van der Waals surface area contributed by atoms with E-state index in [0.717, 1.165) is 23.9 Å². The van der Waals surface area contributed by atoms with Crippen molar-refractivity contribution < 1.29 is 0 Å². The van der Waals surface area contributed by atoms with Gasteiger partial charge in [-0.25, -0.2) is 0 Å². The normalized spacial score (nSPS) is 32.2. The summed E-state index contributed by atoms with van der Waals surface area (Å²) in [7, 11) is 0. The van der Waals surface area contributed by atoms with Gasteiger partial charge >= 0.3 is 0 Å². The summed E-state index contributed by atoms with van der Waals surface area (Å²) >= 11 is 0. The van der Waals surface area contributed by atoms with E-state index < -0.39 is 0 Å². The number of hydrogen-bond donors (Lipinski definition) is 0. The summed E-state index contributed by atoms with van der Waals surface area (Å²) in [6.07, 6.45) is 16.0. The molecule has 2 fully saturated rings. The number of hydrogen-bond acceptors (Lipinski definition) is 1. The molecular weight excluding hydrogens is 242 g/mol. The molecule has 2 aliphatic heterocycles. The summed E-state index contributed by atoms with van der Waals surface area (Å²) in [6.45, 7) is 8.57. The second-order valence-corrected chi connectivity index (χ2v) is 7.53. The van der Waals surface area contributed by atoms with Crippen molar-refractivity contribution in [2.24, 2.45) is 11.8 Å². The minimum absolute atomic E-state index is 0.955. The molecule has 2 aliphatic rings. The quantitative estimate of drug-likeness (QED) is 0.520. The zero-order valence-electron chi connectivity index (χ0n) is 14.2. The summed E-state index contributed by atoms with van der Waals surface area (Å²) in [6, 6.07) is 1.91. The molecule has 2 rings (SSSR count). The second-order valence-electron chi connectivity index (χ2n) is 7.53.